The summed E-state index contributed by atoms with van der Waals surface area (Å²) in [6, 6.07) is 5.15. The number of carbonyl (C=O) groups is 1. The fourth-order valence-corrected chi connectivity index (χ4v) is 4.59. The van der Waals surface area contributed by atoms with Crippen molar-refractivity contribution in [3.63, 3.8) is 0 Å². The van der Waals surface area contributed by atoms with Crippen molar-refractivity contribution in [3.05, 3.63) is 69.0 Å². The Kier molecular flexibility index (Phi) is 7.39. The number of hydrogen-bond donors (Lipinski definition) is 2. The molecule has 1 aliphatic rings. The van der Waals surface area contributed by atoms with E-state index in [-0.39, 0.29) is 33.8 Å². The number of aromatic nitrogens is 3. The van der Waals surface area contributed by atoms with Crippen LogP contribution in [0.2, 0.25) is 5.02 Å². The molecular weight excluding hydrogens is 518 g/mol. The number of hydrogen-bond acceptors (Lipinski definition) is 5. The number of fused-ring (bicyclic) bond motifs is 1. The van der Waals surface area contributed by atoms with Crippen LogP contribution in [-0.4, -0.2) is 44.9 Å². The first kappa shape index (κ1) is 26.4. The third-order valence-electron chi connectivity index (χ3n) is 5.91. The number of urea groups is 1. The van der Waals surface area contributed by atoms with Gasteiger partial charge < -0.3 is 15.0 Å². The normalized spacial score (nSPS) is 17.3. The molecule has 8 nitrogen and oxygen atoms in total. The van der Waals surface area contributed by atoms with Crippen LogP contribution in [0.25, 0.3) is 11.1 Å². The van der Waals surface area contributed by atoms with Gasteiger partial charge in [-0.15, -0.1) is 0 Å². The van der Waals surface area contributed by atoms with Gasteiger partial charge in [0.05, 0.1) is 22.4 Å². The minimum absolute atomic E-state index is 0.0887. The van der Waals surface area contributed by atoms with Crippen LogP contribution < -0.4 is 15.6 Å². The Morgan fingerprint density at radius 1 is 1.30 bits per heavy atom. The van der Waals surface area contributed by atoms with E-state index in [9.17, 15) is 22.8 Å². The molecule has 1 aromatic carbocycles. The lowest BCUT2D eigenvalue weighted by Crippen LogP contribution is -2.48. The number of nitrogens with one attached hydrogen (secondary N) is 2. The van der Waals surface area contributed by atoms with E-state index < -0.39 is 30.7 Å². The van der Waals surface area contributed by atoms with E-state index in [0.717, 1.165) is 11.6 Å². The predicted octanol–water partition coefficient (Wildman–Crippen LogP) is 5.50. The molecule has 2 aromatic heterocycles. The molecule has 196 valence electrons. The predicted molar refractivity (Wildman–Crippen MR) is 128 cm³/mol. The third kappa shape index (κ3) is 5.85. The first-order valence-corrected chi connectivity index (χ1v) is 11.7. The molecule has 0 saturated heterocycles. The summed E-state index contributed by atoms with van der Waals surface area (Å²) in [6.45, 7) is 2.21. The monoisotopic (exact) mass is 539 g/mol. The largest absolute Gasteiger partial charge is 0.468 e. The second kappa shape index (κ2) is 10.4. The van der Waals surface area contributed by atoms with Crippen molar-refractivity contribution in [1.29, 1.82) is 0 Å². The third-order valence-corrected chi connectivity index (χ3v) is 6.23. The van der Waals surface area contributed by atoms with Crippen LogP contribution in [-0.2, 0) is 6.42 Å². The first-order chi connectivity index (χ1) is 17.5. The number of anilines is 1. The van der Waals surface area contributed by atoms with E-state index in [1.165, 1.54) is 30.5 Å². The van der Waals surface area contributed by atoms with Gasteiger partial charge in [0.25, 0.3) is 5.56 Å². The molecule has 4 rings (SSSR count). The smallest absolute Gasteiger partial charge is 0.422 e. The molecule has 2 unspecified atom stereocenters. The number of rotatable bonds is 5. The zero-order valence-corrected chi connectivity index (χ0v) is 20.5. The van der Waals surface area contributed by atoms with Crippen LogP contribution in [0, 0.1) is 5.82 Å². The molecule has 2 atom stereocenters. The Labute approximate surface area is 213 Å². The van der Waals surface area contributed by atoms with E-state index in [1.54, 1.807) is 4.90 Å². The number of ether oxygens (including phenoxy) is 1. The molecular formula is C24H22ClF4N5O3. The van der Waals surface area contributed by atoms with E-state index in [2.05, 4.69) is 25.2 Å². The van der Waals surface area contributed by atoms with E-state index in [0.29, 0.717) is 24.1 Å². The lowest BCUT2D eigenvalue weighted by molar-refractivity contribution is -0.154. The Bertz CT molecular complexity index is 1360. The second-order valence-electron chi connectivity index (χ2n) is 8.56. The van der Waals surface area contributed by atoms with E-state index in [4.69, 9.17) is 11.6 Å². The molecule has 0 saturated carbocycles. The van der Waals surface area contributed by atoms with Gasteiger partial charge >= 0.3 is 12.2 Å². The van der Waals surface area contributed by atoms with Crippen LogP contribution in [0.1, 0.15) is 37.6 Å². The molecule has 3 heterocycles. The van der Waals surface area contributed by atoms with Gasteiger partial charge in [-0.3, -0.25) is 4.79 Å². The number of aromatic amines is 1. The fraction of sp³-hybridized carbons (Fsp3) is 0.333. The zero-order chi connectivity index (χ0) is 26.9. The average Bonchev–Trinajstić information content (AvgIpc) is 2.83. The Balaban J connectivity index is 1.53. The van der Waals surface area contributed by atoms with Gasteiger partial charge in [0.15, 0.2) is 6.61 Å². The molecule has 3 aromatic rings. The molecule has 0 bridgehead atoms. The zero-order valence-electron chi connectivity index (χ0n) is 19.7. The van der Waals surface area contributed by atoms with Crippen LogP contribution in [0.3, 0.4) is 0 Å². The number of alkyl halides is 3. The van der Waals surface area contributed by atoms with Gasteiger partial charge in [0, 0.05) is 35.5 Å². The summed E-state index contributed by atoms with van der Waals surface area (Å²) in [5.41, 5.74) is 1.43. The highest BCUT2D eigenvalue weighted by molar-refractivity contribution is 6.33. The van der Waals surface area contributed by atoms with Crippen molar-refractivity contribution >= 4 is 23.3 Å². The van der Waals surface area contributed by atoms with Crippen LogP contribution in [0.4, 0.5) is 28.0 Å². The van der Waals surface area contributed by atoms with Gasteiger partial charge in [0.1, 0.15) is 5.82 Å². The van der Waals surface area contributed by atoms with Gasteiger partial charge in [-0.25, -0.2) is 19.3 Å². The molecule has 0 fully saturated rings. The van der Waals surface area contributed by atoms with Crippen molar-refractivity contribution in [2.75, 3.05) is 11.9 Å². The van der Waals surface area contributed by atoms with Crippen LogP contribution in [0.5, 0.6) is 5.88 Å². The first-order valence-electron chi connectivity index (χ1n) is 11.3. The van der Waals surface area contributed by atoms with Gasteiger partial charge in [0.2, 0.25) is 5.88 Å². The van der Waals surface area contributed by atoms with Gasteiger partial charge in [-0.2, -0.15) is 18.3 Å². The number of benzene rings is 1. The highest BCUT2D eigenvalue weighted by Crippen LogP contribution is 2.36. The number of amides is 2. The molecule has 37 heavy (non-hydrogen) atoms. The number of H-pyrrole nitrogens is 1. The highest BCUT2D eigenvalue weighted by atomic mass is 35.5. The van der Waals surface area contributed by atoms with Crippen molar-refractivity contribution in [2.45, 2.75) is 44.9 Å². The summed E-state index contributed by atoms with van der Waals surface area (Å²) in [5, 5.41) is 9.18. The Hall–Kier alpha value is -3.67. The quantitative estimate of drug-likeness (QED) is 0.417. The molecule has 0 spiro atoms. The average molecular weight is 540 g/mol. The molecule has 13 heteroatoms. The summed E-state index contributed by atoms with van der Waals surface area (Å²) in [5.74, 6) is -1.02. The van der Waals surface area contributed by atoms with Crippen molar-refractivity contribution < 1.29 is 27.1 Å². The Morgan fingerprint density at radius 2 is 2.05 bits per heavy atom. The number of nitrogens with zero attached hydrogens (tertiary/aromatic N) is 3. The number of halogens is 5. The maximum absolute atomic E-state index is 15.0. The summed E-state index contributed by atoms with van der Waals surface area (Å²) < 4.78 is 56.5. The highest BCUT2D eigenvalue weighted by Gasteiger charge is 2.36. The minimum Gasteiger partial charge on any atom is -0.468 e. The van der Waals surface area contributed by atoms with Crippen LogP contribution >= 0.6 is 11.6 Å². The molecule has 1 aliphatic heterocycles. The van der Waals surface area contributed by atoms with E-state index >= 15 is 4.39 Å². The molecule has 2 N–H and O–H groups in total. The van der Waals surface area contributed by atoms with E-state index in [1.807, 2.05) is 13.8 Å². The minimum atomic E-state index is -4.50. The summed E-state index contributed by atoms with van der Waals surface area (Å²) >= 11 is 6.35. The van der Waals surface area contributed by atoms with Crippen molar-refractivity contribution in [1.82, 2.24) is 20.1 Å². The lowest BCUT2D eigenvalue weighted by atomic mass is 9.92. The van der Waals surface area contributed by atoms with Crippen molar-refractivity contribution in [3.8, 4) is 17.0 Å². The topological polar surface area (TPSA) is 100 Å². The van der Waals surface area contributed by atoms with Crippen molar-refractivity contribution in [2.24, 2.45) is 0 Å². The standard InChI is InChI=1S/C24H22ClF4N5O3/c1-3-19-22-14(7-20(35)32-33-22)6-12(2)34(19)23(36)31-18-9-16(25)15(8-17(18)26)13-4-5-21(30-10-13)37-11-24(27,28)29/h4-5,7-10,12,19H,3,6,11H2,1-2H3,(H,31,36)(H,32,35). The SMILES string of the molecule is CCC1c2n[nH]c(=O)cc2CC(C)N1C(=O)Nc1cc(Cl)c(-c2ccc(OCC(F)(F)F)nc2)cc1F. The maximum Gasteiger partial charge on any atom is 0.422 e. The summed E-state index contributed by atoms with van der Waals surface area (Å²) in [7, 11) is 0. The van der Waals surface area contributed by atoms with Gasteiger partial charge in [-0.05, 0) is 43.5 Å². The van der Waals surface area contributed by atoms with Crippen LogP contribution in [0.15, 0.2) is 41.3 Å². The Morgan fingerprint density at radius 3 is 2.70 bits per heavy atom. The molecule has 2 amide bonds. The maximum atomic E-state index is 15.0. The number of pyridine rings is 1. The number of carbonyl (C=O) groups excluding carboxylic acids is 1. The van der Waals surface area contributed by atoms with Gasteiger partial charge in [-0.1, -0.05) is 18.5 Å². The molecule has 0 aliphatic carbocycles. The fourth-order valence-electron chi connectivity index (χ4n) is 4.32. The molecule has 0 radical (unpaired) electrons. The second-order valence-corrected chi connectivity index (χ2v) is 8.97. The summed E-state index contributed by atoms with van der Waals surface area (Å²) in [6.07, 6.45) is -2.37. The lowest BCUT2D eigenvalue weighted by Gasteiger charge is -2.40. The summed E-state index contributed by atoms with van der Waals surface area (Å²) in [4.78, 5) is 30.2.